The molecule has 1 fully saturated rings. The molecule has 1 saturated heterocycles. The van der Waals surface area contributed by atoms with Crippen molar-refractivity contribution in [2.45, 2.75) is 37.5 Å². The maximum atomic E-state index is 12.0. The topological polar surface area (TPSA) is 98.5 Å². The van der Waals surface area contributed by atoms with Gasteiger partial charge in [-0.05, 0) is 19.3 Å². The van der Waals surface area contributed by atoms with Crippen LogP contribution in [0, 0.1) is 11.3 Å². The number of nitrogens with zero attached hydrogens (tertiary/aromatic N) is 2. The number of carboxylic acids is 1. The van der Waals surface area contributed by atoms with E-state index >= 15 is 0 Å². The molecule has 7 heteroatoms. The van der Waals surface area contributed by atoms with Crippen molar-refractivity contribution in [2.24, 2.45) is 0 Å². The molecular formula is C9H14N2O4S. The zero-order valence-corrected chi connectivity index (χ0v) is 9.77. The molecule has 0 spiro atoms. The Hall–Kier alpha value is -1.13. The van der Waals surface area contributed by atoms with Gasteiger partial charge in [0.15, 0.2) is 5.25 Å². The fourth-order valence-electron chi connectivity index (χ4n) is 1.82. The van der Waals surface area contributed by atoms with E-state index in [2.05, 4.69) is 0 Å². The second-order valence-electron chi connectivity index (χ2n) is 3.68. The van der Waals surface area contributed by atoms with Crippen molar-refractivity contribution in [3.63, 3.8) is 0 Å². The third kappa shape index (κ3) is 2.18. The number of sulfonamides is 1. The van der Waals surface area contributed by atoms with Gasteiger partial charge in [0, 0.05) is 6.54 Å². The molecule has 0 aromatic rings. The van der Waals surface area contributed by atoms with Crippen LogP contribution in [-0.4, -0.2) is 41.6 Å². The SMILES string of the molecule is CCC(C#N)S(=O)(=O)N1CCC[C@@H]1C(=O)O. The Kier molecular flexibility index (Phi) is 3.88. The van der Waals surface area contributed by atoms with E-state index < -0.39 is 27.3 Å². The molecule has 1 aliphatic rings. The Labute approximate surface area is 94.5 Å². The smallest absolute Gasteiger partial charge is 0.322 e. The highest BCUT2D eigenvalue weighted by Crippen LogP contribution is 2.24. The standard InChI is InChI=1S/C9H14N2O4S/c1-2-7(6-10)16(14,15)11-5-3-4-8(11)9(12)13/h7-8H,2-5H2,1H3,(H,12,13)/t7?,8-/m1/s1. The quantitative estimate of drug-likeness (QED) is 0.762. The van der Waals surface area contributed by atoms with E-state index in [-0.39, 0.29) is 13.0 Å². The number of rotatable bonds is 4. The predicted octanol–water partition coefficient (Wildman–Crippen LogP) is 0.167. The lowest BCUT2D eigenvalue weighted by Gasteiger charge is -2.22. The Morgan fingerprint density at radius 3 is 2.75 bits per heavy atom. The highest BCUT2D eigenvalue weighted by molar-refractivity contribution is 7.90. The van der Waals surface area contributed by atoms with Crippen LogP contribution in [0.3, 0.4) is 0 Å². The van der Waals surface area contributed by atoms with Crippen molar-refractivity contribution in [1.82, 2.24) is 4.31 Å². The summed E-state index contributed by atoms with van der Waals surface area (Å²) in [5, 5.41) is 16.5. The largest absolute Gasteiger partial charge is 0.480 e. The van der Waals surface area contributed by atoms with Crippen molar-refractivity contribution in [1.29, 1.82) is 5.26 Å². The fraction of sp³-hybridized carbons (Fsp3) is 0.778. The van der Waals surface area contributed by atoms with Crippen molar-refractivity contribution >= 4 is 16.0 Å². The molecule has 0 amide bonds. The number of carboxylic acid groups (broad SMARTS) is 1. The maximum Gasteiger partial charge on any atom is 0.322 e. The van der Waals surface area contributed by atoms with Crippen LogP contribution < -0.4 is 0 Å². The zero-order valence-electron chi connectivity index (χ0n) is 8.96. The number of aliphatic carboxylic acids is 1. The summed E-state index contributed by atoms with van der Waals surface area (Å²) in [7, 11) is -3.80. The van der Waals surface area contributed by atoms with Crippen LogP contribution in [0.2, 0.25) is 0 Å². The summed E-state index contributed by atoms with van der Waals surface area (Å²) in [6, 6.07) is 0.699. The summed E-state index contributed by atoms with van der Waals surface area (Å²) in [6.45, 7) is 1.79. The summed E-state index contributed by atoms with van der Waals surface area (Å²) in [4.78, 5) is 10.9. The molecule has 0 saturated carbocycles. The fourth-order valence-corrected chi connectivity index (χ4v) is 3.64. The van der Waals surface area contributed by atoms with E-state index in [1.54, 1.807) is 13.0 Å². The number of carbonyl (C=O) groups is 1. The summed E-state index contributed by atoms with van der Waals surface area (Å²) >= 11 is 0. The first-order chi connectivity index (χ1) is 7.45. The Bertz CT molecular complexity index is 412. The van der Waals surface area contributed by atoms with Gasteiger partial charge >= 0.3 is 5.97 Å². The van der Waals surface area contributed by atoms with Gasteiger partial charge in [-0.2, -0.15) is 9.57 Å². The minimum atomic E-state index is -3.80. The number of nitriles is 1. The first-order valence-corrected chi connectivity index (χ1v) is 6.58. The molecule has 2 atom stereocenters. The number of hydrogen-bond donors (Lipinski definition) is 1. The normalized spacial score (nSPS) is 23.9. The van der Waals surface area contributed by atoms with Crippen molar-refractivity contribution in [2.75, 3.05) is 6.54 Å². The molecule has 1 unspecified atom stereocenters. The van der Waals surface area contributed by atoms with E-state index in [1.807, 2.05) is 0 Å². The first kappa shape index (κ1) is 12.9. The highest BCUT2D eigenvalue weighted by Gasteiger charge is 2.42. The predicted molar refractivity (Wildman–Crippen MR) is 56.0 cm³/mol. The van der Waals surface area contributed by atoms with Gasteiger partial charge in [0.25, 0.3) is 0 Å². The second kappa shape index (κ2) is 4.80. The van der Waals surface area contributed by atoms with Crippen LogP contribution in [0.5, 0.6) is 0 Å². The van der Waals surface area contributed by atoms with E-state index in [1.165, 1.54) is 0 Å². The molecule has 1 rings (SSSR count). The molecular weight excluding hydrogens is 232 g/mol. The third-order valence-corrected chi connectivity index (χ3v) is 4.94. The van der Waals surface area contributed by atoms with Crippen molar-refractivity contribution in [3.05, 3.63) is 0 Å². The molecule has 1 N–H and O–H groups in total. The maximum absolute atomic E-state index is 12.0. The van der Waals surface area contributed by atoms with E-state index in [4.69, 9.17) is 10.4 Å². The molecule has 0 bridgehead atoms. The molecule has 0 aromatic heterocycles. The molecule has 0 aliphatic carbocycles. The average Bonchev–Trinajstić information content (AvgIpc) is 2.67. The van der Waals surface area contributed by atoms with Gasteiger partial charge in [0.1, 0.15) is 6.04 Å². The van der Waals surface area contributed by atoms with Crippen LogP contribution in [0.25, 0.3) is 0 Å². The van der Waals surface area contributed by atoms with E-state index in [9.17, 15) is 13.2 Å². The Balaban J connectivity index is 3.00. The lowest BCUT2D eigenvalue weighted by atomic mass is 10.2. The lowest BCUT2D eigenvalue weighted by molar-refractivity contribution is -0.140. The van der Waals surface area contributed by atoms with Gasteiger partial charge in [0.05, 0.1) is 6.07 Å². The minimum Gasteiger partial charge on any atom is -0.480 e. The van der Waals surface area contributed by atoms with Gasteiger partial charge in [-0.1, -0.05) is 6.92 Å². The molecule has 16 heavy (non-hydrogen) atoms. The van der Waals surface area contributed by atoms with Gasteiger partial charge in [-0.25, -0.2) is 8.42 Å². The van der Waals surface area contributed by atoms with Crippen LogP contribution in [0.15, 0.2) is 0 Å². The summed E-state index contributed by atoms with van der Waals surface area (Å²) < 4.78 is 24.9. The molecule has 90 valence electrons. The molecule has 6 nitrogen and oxygen atoms in total. The van der Waals surface area contributed by atoms with Crippen molar-refractivity contribution in [3.8, 4) is 6.07 Å². The van der Waals surface area contributed by atoms with Crippen LogP contribution in [0.4, 0.5) is 0 Å². The van der Waals surface area contributed by atoms with Gasteiger partial charge in [0.2, 0.25) is 10.0 Å². The second-order valence-corrected chi connectivity index (χ2v) is 5.75. The van der Waals surface area contributed by atoms with Gasteiger partial charge in [-0.15, -0.1) is 0 Å². The van der Waals surface area contributed by atoms with Crippen LogP contribution in [0.1, 0.15) is 26.2 Å². The van der Waals surface area contributed by atoms with E-state index in [0.29, 0.717) is 12.8 Å². The highest BCUT2D eigenvalue weighted by atomic mass is 32.2. The van der Waals surface area contributed by atoms with Gasteiger partial charge in [-0.3, -0.25) is 4.79 Å². The minimum absolute atomic E-state index is 0.168. The van der Waals surface area contributed by atoms with Crippen LogP contribution >= 0.6 is 0 Å². The Morgan fingerprint density at radius 1 is 1.69 bits per heavy atom. The van der Waals surface area contributed by atoms with Crippen LogP contribution in [-0.2, 0) is 14.8 Å². The van der Waals surface area contributed by atoms with Gasteiger partial charge < -0.3 is 5.11 Å². The number of hydrogen-bond acceptors (Lipinski definition) is 4. The lowest BCUT2D eigenvalue weighted by Crippen LogP contribution is -2.44. The monoisotopic (exact) mass is 246 g/mol. The average molecular weight is 246 g/mol. The first-order valence-electron chi connectivity index (χ1n) is 5.08. The van der Waals surface area contributed by atoms with E-state index in [0.717, 1.165) is 4.31 Å². The Morgan fingerprint density at radius 2 is 2.31 bits per heavy atom. The summed E-state index contributed by atoms with van der Waals surface area (Å²) in [5.74, 6) is -1.14. The molecule has 1 aliphatic heterocycles. The summed E-state index contributed by atoms with van der Waals surface area (Å²) in [6.07, 6.45) is 1.01. The van der Waals surface area contributed by atoms with Crippen molar-refractivity contribution < 1.29 is 18.3 Å². The molecule has 0 aromatic carbocycles. The third-order valence-electron chi connectivity index (χ3n) is 2.69. The molecule has 0 radical (unpaired) electrons. The zero-order chi connectivity index (χ0) is 12.3. The summed E-state index contributed by atoms with van der Waals surface area (Å²) in [5.41, 5.74) is 0. The molecule has 1 heterocycles.